The minimum atomic E-state index is -0.562. The lowest BCUT2D eigenvalue weighted by molar-refractivity contribution is 0.183. The fourth-order valence-electron chi connectivity index (χ4n) is 2.77. The number of benzene rings is 2. The van der Waals surface area contributed by atoms with E-state index in [2.05, 4.69) is 10.3 Å². The Hall–Kier alpha value is -2.60. The quantitative estimate of drug-likeness (QED) is 0.552. The zero-order valence-corrected chi connectivity index (χ0v) is 16.2. The number of aliphatic hydroxyl groups is 1. The van der Waals surface area contributed by atoms with Crippen LogP contribution in [0, 0.1) is 5.82 Å². The minimum absolute atomic E-state index is 0.228. The van der Waals surface area contributed by atoms with Gasteiger partial charge in [0.15, 0.2) is 17.5 Å². The summed E-state index contributed by atoms with van der Waals surface area (Å²) in [5.74, 6) is 0.510. The van der Waals surface area contributed by atoms with Crippen molar-refractivity contribution in [2.24, 2.45) is 4.99 Å². The van der Waals surface area contributed by atoms with Crippen molar-refractivity contribution in [3.63, 3.8) is 0 Å². The Bertz CT molecular complexity index is 737. The number of rotatable bonds is 8. The molecule has 0 aliphatic carbocycles. The third-order valence-corrected chi connectivity index (χ3v) is 4.10. The molecule has 0 saturated carbocycles. The van der Waals surface area contributed by atoms with E-state index in [0.717, 1.165) is 11.1 Å². The van der Waals surface area contributed by atoms with Crippen LogP contribution in [0.2, 0.25) is 0 Å². The fourth-order valence-corrected chi connectivity index (χ4v) is 2.77. The van der Waals surface area contributed by atoms with Gasteiger partial charge in [-0.15, -0.1) is 0 Å². The summed E-state index contributed by atoms with van der Waals surface area (Å²) in [6.07, 6.45) is -0.00941. The lowest BCUT2D eigenvalue weighted by Crippen LogP contribution is -2.39. The Balaban J connectivity index is 1.99. The molecule has 2 aromatic carbocycles. The monoisotopic (exact) mass is 373 g/mol. The van der Waals surface area contributed by atoms with E-state index in [1.165, 1.54) is 13.2 Å². The molecular formula is C21H28FN3O2. The molecule has 2 aromatic rings. The molecule has 2 rings (SSSR count). The highest BCUT2D eigenvalue weighted by molar-refractivity contribution is 5.79. The molecule has 6 heteroatoms. The first-order valence-electron chi connectivity index (χ1n) is 9.07. The highest BCUT2D eigenvalue weighted by atomic mass is 19.1. The second kappa shape index (κ2) is 10.5. The number of aliphatic hydroxyl groups excluding tert-OH is 1. The lowest BCUT2D eigenvalue weighted by Gasteiger charge is -2.23. The Morgan fingerprint density at radius 3 is 2.59 bits per heavy atom. The van der Waals surface area contributed by atoms with Crippen molar-refractivity contribution in [1.29, 1.82) is 0 Å². The van der Waals surface area contributed by atoms with E-state index in [1.54, 1.807) is 6.07 Å². The SMILES string of the molecule is CCNC(=NCC(O)Cc1ccccc1)N(C)Cc1ccc(OC)c(F)c1. The minimum Gasteiger partial charge on any atom is -0.494 e. The van der Waals surface area contributed by atoms with Crippen LogP contribution in [0.5, 0.6) is 5.75 Å². The normalized spacial score (nSPS) is 12.6. The Labute approximate surface area is 160 Å². The summed E-state index contributed by atoms with van der Waals surface area (Å²) in [6.45, 7) is 3.46. The predicted octanol–water partition coefficient (Wildman–Crippen LogP) is 2.84. The fraction of sp³-hybridized carbons (Fsp3) is 0.381. The molecule has 27 heavy (non-hydrogen) atoms. The van der Waals surface area contributed by atoms with Crippen molar-refractivity contribution in [1.82, 2.24) is 10.2 Å². The van der Waals surface area contributed by atoms with E-state index in [0.29, 0.717) is 32.0 Å². The second-order valence-corrected chi connectivity index (χ2v) is 6.36. The van der Waals surface area contributed by atoms with Crippen molar-refractivity contribution in [3.05, 3.63) is 65.5 Å². The number of methoxy groups -OCH3 is 1. The number of hydrogen-bond donors (Lipinski definition) is 2. The summed E-state index contributed by atoms with van der Waals surface area (Å²) in [5.41, 5.74) is 1.89. The predicted molar refractivity (Wildman–Crippen MR) is 107 cm³/mol. The molecule has 2 N–H and O–H groups in total. The number of ether oxygens (including phenoxy) is 1. The van der Waals surface area contributed by atoms with Crippen LogP contribution >= 0.6 is 0 Å². The number of halogens is 1. The first-order chi connectivity index (χ1) is 13.0. The van der Waals surface area contributed by atoms with Crippen molar-refractivity contribution in [3.8, 4) is 5.75 Å². The smallest absolute Gasteiger partial charge is 0.194 e. The number of nitrogens with one attached hydrogen (secondary N) is 1. The molecule has 146 valence electrons. The zero-order chi connectivity index (χ0) is 19.6. The van der Waals surface area contributed by atoms with Crippen LogP contribution in [0.15, 0.2) is 53.5 Å². The first-order valence-corrected chi connectivity index (χ1v) is 9.07. The van der Waals surface area contributed by atoms with Crippen molar-refractivity contribution >= 4 is 5.96 Å². The maximum Gasteiger partial charge on any atom is 0.194 e. The Morgan fingerprint density at radius 2 is 1.96 bits per heavy atom. The van der Waals surface area contributed by atoms with Gasteiger partial charge in [0.05, 0.1) is 19.8 Å². The van der Waals surface area contributed by atoms with Gasteiger partial charge in [0.2, 0.25) is 0 Å². The average molecular weight is 373 g/mol. The largest absolute Gasteiger partial charge is 0.494 e. The lowest BCUT2D eigenvalue weighted by atomic mass is 10.1. The summed E-state index contributed by atoms with van der Waals surface area (Å²) >= 11 is 0. The van der Waals surface area contributed by atoms with Crippen LogP contribution in [0.3, 0.4) is 0 Å². The Kier molecular flexibility index (Phi) is 8.07. The molecule has 0 saturated heterocycles. The number of nitrogens with zero attached hydrogens (tertiary/aromatic N) is 2. The summed E-state index contributed by atoms with van der Waals surface area (Å²) in [4.78, 5) is 6.43. The summed E-state index contributed by atoms with van der Waals surface area (Å²) in [7, 11) is 3.33. The van der Waals surface area contributed by atoms with Gasteiger partial charge in [-0.1, -0.05) is 36.4 Å². The van der Waals surface area contributed by atoms with E-state index in [4.69, 9.17) is 4.74 Å². The highest BCUT2D eigenvalue weighted by Crippen LogP contribution is 2.18. The van der Waals surface area contributed by atoms with E-state index >= 15 is 0 Å². The summed E-state index contributed by atoms with van der Waals surface area (Å²) in [5, 5.41) is 13.5. The Morgan fingerprint density at radius 1 is 1.22 bits per heavy atom. The van der Waals surface area contributed by atoms with E-state index in [-0.39, 0.29) is 11.6 Å². The molecule has 0 fully saturated rings. The van der Waals surface area contributed by atoms with Crippen LogP contribution < -0.4 is 10.1 Å². The van der Waals surface area contributed by atoms with Gasteiger partial charge in [0.25, 0.3) is 0 Å². The molecule has 1 unspecified atom stereocenters. The topological polar surface area (TPSA) is 57.1 Å². The second-order valence-electron chi connectivity index (χ2n) is 6.36. The third kappa shape index (κ3) is 6.57. The van der Waals surface area contributed by atoms with Gasteiger partial charge in [-0.3, -0.25) is 4.99 Å². The van der Waals surface area contributed by atoms with E-state index in [9.17, 15) is 9.50 Å². The summed E-state index contributed by atoms with van der Waals surface area (Å²) < 4.78 is 18.8. The van der Waals surface area contributed by atoms with Crippen LogP contribution in [-0.2, 0) is 13.0 Å². The molecule has 1 atom stereocenters. The van der Waals surface area contributed by atoms with Gasteiger partial charge < -0.3 is 20.1 Å². The standard InChI is InChI=1S/C21H28FN3O2/c1-4-23-21(24-14-18(26)12-16-8-6-5-7-9-16)25(2)15-17-10-11-20(27-3)19(22)13-17/h5-11,13,18,26H,4,12,14-15H2,1-3H3,(H,23,24). The van der Waals surface area contributed by atoms with E-state index < -0.39 is 6.10 Å². The maximum absolute atomic E-state index is 13.9. The van der Waals surface area contributed by atoms with Gasteiger partial charge in [-0.05, 0) is 30.2 Å². The molecule has 0 aliphatic heterocycles. The highest BCUT2D eigenvalue weighted by Gasteiger charge is 2.11. The van der Waals surface area contributed by atoms with Crippen molar-refractivity contribution in [2.75, 3.05) is 27.2 Å². The van der Waals surface area contributed by atoms with E-state index in [1.807, 2.05) is 55.3 Å². The summed E-state index contributed by atoms with van der Waals surface area (Å²) in [6, 6.07) is 14.7. The molecule has 0 radical (unpaired) electrons. The zero-order valence-electron chi connectivity index (χ0n) is 16.2. The van der Waals surface area contributed by atoms with Gasteiger partial charge in [0, 0.05) is 26.6 Å². The van der Waals surface area contributed by atoms with Crippen LogP contribution in [0.1, 0.15) is 18.1 Å². The molecule has 0 aliphatic rings. The van der Waals surface area contributed by atoms with Gasteiger partial charge >= 0.3 is 0 Å². The van der Waals surface area contributed by atoms with Gasteiger partial charge in [-0.25, -0.2) is 4.39 Å². The number of guanidine groups is 1. The van der Waals surface area contributed by atoms with Crippen LogP contribution in [0.4, 0.5) is 4.39 Å². The molecule has 5 nitrogen and oxygen atoms in total. The van der Waals surface area contributed by atoms with Gasteiger partial charge in [-0.2, -0.15) is 0 Å². The molecular weight excluding hydrogens is 345 g/mol. The van der Waals surface area contributed by atoms with Crippen LogP contribution in [-0.4, -0.2) is 49.3 Å². The molecule has 0 heterocycles. The number of aliphatic imine (C=N–C) groups is 1. The third-order valence-electron chi connectivity index (χ3n) is 4.10. The maximum atomic E-state index is 13.9. The van der Waals surface area contributed by atoms with Crippen molar-refractivity contribution in [2.45, 2.75) is 26.0 Å². The molecule has 0 amide bonds. The van der Waals surface area contributed by atoms with Crippen molar-refractivity contribution < 1.29 is 14.2 Å². The molecule has 0 aromatic heterocycles. The molecule has 0 bridgehead atoms. The number of hydrogen-bond acceptors (Lipinski definition) is 3. The molecule has 0 spiro atoms. The first kappa shape index (κ1) is 20.7. The van der Waals surface area contributed by atoms with Gasteiger partial charge in [0.1, 0.15) is 0 Å². The van der Waals surface area contributed by atoms with Crippen LogP contribution in [0.25, 0.3) is 0 Å². The average Bonchev–Trinajstić information content (AvgIpc) is 2.66.